The van der Waals surface area contributed by atoms with E-state index in [1.165, 1.54) is 76.2 Å². The first-order valence-electron chi connectivity index (χ1n) is 10.8. The van der Waals surface area contributed by atoms with Crippen molar-refractivity contribution in [2.45, 2.75) is 96.3 Å². The van der Waals surface area contributed by atoms with Crippen LogP contribution in [0, 0.1) is 5.92 Å². The lowest BCUT2D eigenvalue weighted by Crippen LogP contribution is -2.13. The molecule has 1 saturated carbocycles. The summed E-state index contributed by atoms with van der Waals surface area (Å²) in [7, 11) is 0. The third-order valence-electron chi connectivity index (χ3n) is 6.00. The second kappa shape index (κ2) is 12.3. The average molecular weight is 363 g/mol. The lowest BCUT2D eigenvalue weighted by atomic mass is 9.77. The summed E-state index contributed by atoms with van der Waals surface area (Å²) in [5, 5.41) is 0. The van der Waals surface area contributed by atoms with Gasteiger partial charge in [-0.1, -0.05) is 76.1 Å². The van der Waals surface area contributed by atoms with Gasteiger partial charge in [-0.05, 0) is 67.6 Å². The topological polar surface area (TPSA) is 0 Å². The Morgan fingerprint density at radius 3 is 2.23 bits per heavy atom. The number of hydrogen-bond donors (Lipinski definition) is 0. The summed E-state index contributed by atoms with van der Waals surface area (Å²) in [4.78, 5) is 0. The molecule has 0 saturated heterocycles. The van der Waals surface area contributed by atoms with E-state index >= 15 is 0 Å². The van der Waals surface area contributed by atoms with Gasteiger partial charge < -0.3 is 0 Å². The molecule has 2 rings (SSSR count). The van der Waals surface area contributed by atoms with Gasteiger partial charge in [0.1, 0.15) is 0 Å². The van der Waals surface area contributed by atoms with Crippen LogP contribution >= 0.6 is 0 Å². The van der Waals surface area contributed by atoms with Crippen molar-refractivity contribution < 1.29 is 8.78 Å². The van der Waals surface area contributed by atoms with Crippen LogP contribution < -0.4 is 0 Å². The van der Waals surface area contributed by atoms with Crippen molar-refractivity contribution in [2.75, 3.05) is 0 Å². The summed E-state index contributed by atoms with van der Waals surface area (Å²) in [6, 6.07) is 8.70. The number of hydrogen-bond acceptors (Lipinski definition) is 0. The van der Waals surface area contributed by atoms with E-state index in [2.05, 4.69) is 31.2 Å². The maximum atomic E-state index is 12.1. The summed E-state index contributed by atoms with van der Waals surface area (Å²) in [5.41, 5.74) is 2.60. The molecule has 0 radical (unpaired) electrons. The predicted octanol–water partition coefficient (Wildman–Crippen LogP) is 8.42. The molecule has 1 fully saturated rings. The highest BCUT2D eigenvalue weighted by molar-refractivity contribution is 5.26. The Hall–Kier alpha value is -1.18. The normalized spacial score (nSPS) is 20.1. The Balaban J connectivity index is 1.65. The van der Waals surface area contributed by atoms with Crippen LogP contribution in [0.2, 0.25) is 0 Å². The number of rotatable bonds is 11. The van der Waals surface area contributed by atoms with Crippen molar-refractivity contribution in [3.8, 4) is 0 Å². The zero-order valence-corrected chi connectivity index (χ0v) is 16.5. The number of unbranched alkanes of at least 4 members (excludes halogenated alkanes) is 5. The largest absolute Gasteiger partial charge is 0.266 e. The molecule has 0 unspecified atom stereocenters. The SMILES string of the molecule is CCCCCCCCC1CCC(c2ccc(CCC=C(F)F)cc2)CC1. The Labute approximate surface area is 159 Å². The van der Waals surface area contributed by atoms with Crippen LogP contribution in [0.25, 0.3) is 0 Å². The molecular formula is C24H36F2. The van der Waals surface area contributed by atoms with Crippen molar-refractivity contribution in [1.29, 1.82) is 0 Å². The second-order valence-corrected chi connectivity index (χ2v) is 8.05. The number of benzene rings is 1. The third-order valence-corrected chi connectivity index (χ3v) is 6.00. The van der Waals surface area contributed by atoms with E-state index in [1.807, 2.05) is 0 Å². The van der Waals surface area contributed by atoms with E-state index in [9.17, 15) is 8.78 Å². The van der Waals surface area contributed by atoms with Gasteiger partial charge in [-0.2, -0.15) is 8.78 Å². The van der Waals surface area contributed by atoms with Crippen LogP contribution in [0.1, 0.15) is 101 Å². The summed E-state index contributed by atoms with van der Waals surface area (Å²) in [6.07, 6.45) is 15.8. The quantitative estimate of drug-likeness (QED) is 0.346. The van der Waals surface area contributed by atoms with Gasteiger partial charge in [0, 0.05) is 0 Å². The highest BCUT2D eigenvalue weighted by Gasteiger charge is 2.21. The molecule has 1 aromatic carbocycles. The minimum Gasteiger partial charge on any atom is -0.174 e. The van der Waals surface area contributed by atoms with Crippen molar-refractivity contribution in [2.24, 2.45) is 5.92 Å². The average Bonchev–Trinajstić information content (AvgIpc) is 2.65. The lowest BCUT2D eigenvalue weighted by molar-refractivity contribution is 0.302. The van der Waals surface area contributed by atoms with E-state index in [-0.39, 0.29) is 0 Å². The lowest BCUT2D eigenvalue weighted by Gasteiger charge is -2.29. The van der Waals surface area contributed by atoms with Crippen LogP contribution in [0.15, 0.2) is 36.4 Å². The van der Waals surface area contributed by atoms with Gasteiger partial charge in [0.25, 0.3) is 6.08 Å². The molecule has 0 atom stereocenters. The Morgan fingerprint density at radius 1 is 0.923 bits per heavy atom. The standard InChI is InChI=1S/C24H36F2/c1-2-3-4-5-6-7-9-20-12-16-22(17-13-20)23-18-14-21(15-19-23)10-8-11-24(25)26/h11,14-15,18-20,22H,2-10,12-13,16-17H2,1H3. The number of allylic oxidation sites excluding steroid dienone is 1. The molecule has 2 heteroatoms. The first-order valence-corrected chi connectivity index (χ1v) is 10.8. The molecule has 1 aromatic rings. The first kappa shape index (κ1) is 21.1. The molecular weight excluding hydrogens is 326 g/mol. The number of aryl methyl sites for hydroxylation is 1. The second-order valence-electron chi connectivity index (χ2n) is 8.05. The fourth-order valence-corrected chi connectivity index (χ4v) is 4.30. The third kappa shape index (κ3) is 8.01. The van der Waals surface area contributed by atoms with Gasteiger partial charge >= 0.3 is 0 Å². The fraction of sp³-hybridized carbons (Fsp3) is 0.667. The van der Waals surface area contributed by atoms with Crippen LogP contribution in [-0.2, 0) is 6.42 Å². The highest BCUT2D eigenvalue weighted by atomic mass is 19.3. The Bertz CT molecular complexity index is 506. The molecule has 1 aliphatic carbocycles. The van der Waals surface area contributed by atoms with Crippen LogP contribution in [-0.4, -0.2) is 0 Å². The fourth-order valence-electron chi connectivity index (χ4n) is 4.30. The minimum absolute atomic E-state index is 0.422. The van der Waals surface area contributed by atoms with Crippen LogP contribution in [0.5, 0.6) is 0 Å². The summed E-state index contributed by atoms with van der Waals surface area (Å²) < 4.78 is 24.2. The summed E-state index contributed by atoms with van der Waals surface area (Å²) >= 11 is 0. The van der Waals surface area contributed by atoms with Gasteiger partial charge in [-0.3, -0.25) is 0 Å². The van der Waals surface area contributed by atoms with Gasteiger partial charge in [0.2, 0.25) is 0 Å². The van der Waals surface area contributed by atoms with Gasteiger partial charge in [-0.25, -0.2) is 0 Å². The molecule has 146 valence electrons. The smallest absolute Gasteiger partial charge is 0.174 e. The molecule has 0 N–H and O–H groups in total. The molecule has 26 heavy (non-hydrogen) atoms. The predicted molar refractivity (Wildman–Crippen MR) is 108 cm³/mol. The first-order chi connectivity index (χ1) is 12.7. The molecule has 0 aromatic heterocycles. The monoisotopic (exact) mass is 362 g/mol. The van der Waals surface area contributed by atoms with E-state index in [4.69, 9.17) is 0 Å². The van der Waals surface area contributed by atoms with E-state index in [0.29, 0.717) is 18.8 Å². The summed E-state index contributed by atoms with van der Waals surface area (Å²) in [5.74, 6) is 1.65. The van der Waals surface area contributed by atoms with E-state index in [0.717, 1.165) is 17.6 Å². The summed E-state index contributed by atoms with van der Waals surface area (Å²) in [6.45, 7) is 2.28. The van der Waals surface area contributed by atoms with Crippen molar-refractivity contribution in [1.82, 2.24) is 0 Å². The minimum atomic E-state index is -1.57. The maximum Gasteiger partial charge on any atom is 0.266 e. The van der Waals surface area contributed by atoms with Gasteiger partial charge in [0.05, 0.1) is 0 Å². The molecule has 0 amide bonds. The van der Waals surface area contributed by atoms with E-state index < -0.39 is 6.08 Å². The Kier molecular flexibility index (Phi) is 9.95. The van der Waals surface area contributed by atoms with Crippen molar-refractivity contribution >= 4 is 0 Å². The van der Waals surface area contributed by atoms with Crippen molar-refractivity contribution in [3.05, 3.63) is 47.5 Å². The zero-order valence-electron chi connectivity index (χ0n) is 16.5. The highest BCUT2D eigenvalue weighted by Crippen LogP contribution is 2.37. The molecule has 0 spiro atoms. The Morgan fingerprint density at radius 2 is 1.58 bits per heavy atom. The molecule has 0 aliphatic heterocycles. The van der Waals surface area contributed by atoms with Crippen molar-refractivity contribution in [3.63, 3.8) is 0 Å². The van der Waals surface area contributed by atoms with Crippen LogP contribution in [0.4, 0.5) is 8.78 Å². The van der Waals surface area contributed by atoms with Gasteiger partial charge in [-0.15, -0.1) is 0 Å². The van der Waals surface area contributed by atoms with Gasteiger partial charge in [0.15, 0.2) is 0 Å². The zero-order chi connectivity index (χ0) is 18.6. The molecule has 0 nitrogen and oxygen atoms in total. The van der Waals surface area contributed by atoms with Crippen LogP contribution in [0.3, 0.4) is 0 Å². The molecule has 1 aliphatic rings. The van der Waals surface area contributed by atoms with E-state index in [1.54, 1.807) is 0 Å². The number of halogens is 2. The molecule has 0 bridgehead atoms. The maximum absolute atomic E-state index is 12.1. The molecule has 0 heterocycles.